The predicted octanol–water partition coefficient (Wildman–Crippen LogP) is 4.69. The number of amides is 1. The Morgan fingerprint density at radius 3 is 2.32 bits per heavy atom. The van der Waals surface area contributed by atoms with Gasteiger partial charge in [-0.3, -0.25) is 4.79 Å². The molecule has 0 aliphatic carbocycles. The standard InChI is InChI=1S/C21H17F4NO4S/c1-13-11-16(8-9-17(13)22)31(28,29)19(18-3-2-10-30-18)12-26-20(27)14-4-6-15(7-5-14)21(23,24)25/h2-11,19H,12H2,1H3,(H,26,27). The van der Waals surface area contributed by atoms with E-state index in [-0.39, 0.29) is 21.8 Å². The molecule has 0 saturated heterocycles. The highest BCUT2D eigenvalue weighted by molar-refractivity contribution is 7.91. The Hall–Kier alpha value is -3.14. The highest BCUT2D eigenvalue weighted by Gasteiger charge is 2.33. The second-order valence-electron chi connectivity index (χ2n) is 6.75. The lowest BCUT2D eigenvalue weighted by molar-refractivity contribution is -0.137. The monoisotopic (exact) mass is 455 g/mol. The maximum absolute atomic E-state index is 13.6. The van der Waals surface area contributed by atoms with Crippen molar-refractivity contribution in [2.75, 3.05) is 6.54 Å². The van der Waals surface area contributed by atoms with Crippen molar-refractivity contribution >= 4 is 15.7 Å². The summed E-state index contributed by atoms with van der Waals surface area (Å²) in [5.74, 6) is -1.27. The number of hydrogen-bond acceptors (Lipinski definition) is 4. The Bertz CT molecular complexity index is 1170. The smallest absolute Gasteiger partial charge is 0.416 e. The number of carbonyl (C=O) groups is 1. The summed E-state index contributed by atoms with van der Waals surface area (Å²) >= 11 is 0. The summed E-state index contributed by atoms with van der Waals surface area (Å²) in [6.07, 6.45) is -3.27. The van der Waals surface area contributed by atoms with Gasteiger partial charge >= 0.3 is 6.18 Å². The molecule has 1 atom stereocenters. The molecule has 0 fully saturated rings. The number of nitrogens with one attached hydrogen (secondary N) is 1. The molecule has 0 aliphatic heterocycles. The van der Waals surface area contributed by atoms with Gasteiger partial charge in [-0.2, -0.15) is 13.2 Å². The van der Waals surface area contributed by atoms with Crippen LogP contribution in [0.25, 0.3) is 0 Å². The van der Waals surface area contributed by atoms with Crippen LogP contribution in [0.15, 0.2) is 70.2 Å². The molecule has 1 N–H and O–H groups in total. The average molecular weight is 455 g/mol. The Morgan fingerprint density at radius 2 is 1.77 bits per heavy atom. The van der Waals surface area contributed by atoms with Crippen LogP contribution in [-0.2, 0) is 16.0 Å². The molecule has 1 unspecified atom stereocenters. The van der Waals surface area contributed by atoms with Gasteiger partial charge in [0.05, 0.1) is 16.7 Å². The first-order valence-electron chi connectivity index (χ1n) is 8.99. The lowest BCUT2D eigenvalue weighted by Gasteiger charge is -2.17. The molecule has 5 nitrogen and oxygen atoms in total. The third kappa shape index (κ3) is 4.96. The highest BCUT2D eigenvalue weighted by atomic mass is 32.2. The molecule has 0 spiro atoms. The second kappa shape index (κ2) is 8.54. The third-order valence-corrected chi connectivity index (χ3v) is 6.67. The van der Waals surface area contributed by atoms with E-state index in [0.717, 1.165) is 36.4 Å². The minimum absolute atomic E-state index is 0.0506. The maximum Gasteiger partial charge on any atom is 0.416 e. The van der Waals surface area contributed by atoms with Crippen LogP contribution in [0.4, 0.5) is 17.6 Å². The SMILES string of the molecule is Cc1cc(S(=O)(=O)C(CNC(=O)c2ccc(C(F)(F)F)cc2)c2ccco2)ccc1F. The van der Waals surface area contributed by atoms with Crippen molar-refractivity contribution in [3.63, 3.8) is 0 Å². The summed E-state index contributed by atoms with van der Waals surface area (Å²) in [7, 11) is -4.09. The van der Waals surface area contributed by atoms with E-state index in [4.69, 9.17) is 4.42 Å². The first-order valence-corrected chi connectivity index (χ1v) is 10.5. The molecule has 0 aliphatic rings. The summed E-state index contributed by atoms with van der Waals surface area (Å²) in [5.41, 5.74) is -0.846. The van der Waals surface area contributed by atoms with Gasteiger partial charge in [0.25, 0.3) is 5.91 Å². The first-order chi connectivity index (χ1) is 14.5. The third-order valence-electron chi connectivity index (χ3n) is 4.62. The van der Waals surface area contributed by atoms with Gasteiger partial charge in [-0.15, -0.1) is 0 Å². The summed E-state index contributed by atoms with van der Waals surface area (Å²) in [4.78, 5) is 12.2. The normalized spacial score (nSPS) is 13.1. The maximum atomic E-state index is 13.6. The van der Waals surface area contributed by atoms with Crippen molar-refractivity contribution in [1.82, 2.24) is 5.32 Å². The summed E-state index contributed by atoms with van der Waals surface area (Å²) < 4.78 is 83.1. The number of aryl methyl sites for hydroxylation is 1. The molecule has 0 radical (unpaired) electrons. The van der Waals surface area contributed by atoms with E-state index in [0.29, 0.717) is 0 Å². The molecule has 0 bridgehead atoms. The van der Waals surface area contributed by atoms with Crippen molar-refractivity contribution in [3.05, 3.63) is 89.1 Å². The van der Waals surface area contributed by atoms with Crippen LogP contribution >= 0.6 is 0 Å². The number of sulfone groups is 1. The number of carbonyl (C=O) groups excluding carboxylic acids is 1. The molecule has 10 heteroatoms. The van der Waals surface area contributed by atoms with Crippen LogP contribution in [0.3, 0.4) is 0 Å². The lowest BCUT2D eigenvalue weighted by Crippen LogP contribution is -2.31. The summed E-state index contributed by atoms with van der Waals surface area (Å²) in [5, 5.41) is 1.09. The van der Waals surface area contributed by atoms with Crippen LogP contribution in [0.1, 0.15) is 32.5 Å². The molecular weight excluding hydrogens is 438 g/mol. The largest absolute Gasteiger partial charge is 0.468 e. The minimum Gasteiger partial charge on any atom is -0.468 e. The number of hydrogen-bond donors (Lipinski definition) is 1. The molecule has 1 aromatic heterocycles. The van der Waals surface area contributed by atoms with E-state index in [2.05, 4.69) is 5.32 Å². The fraction of sp³-hybridized carbons (Fsp3) is 0.190. The summed E-state index contributed by atoms with van der Waals surface area (Å²) in [6, 6.07) is 9.74. The molecule has 164 valence electrons. The second-order valence-corrected chi connectivity index (χ2v) is 8.88. The first kappa shape index (κ1) is 22.5. The van der Waals surface area contributed by atoms with E-state index in [1.807, 2.05) is 0 Å². The molecule has 1 amide bonds. The van der Waals surface area contributed by atoms with E-state index in [1.54, 1.807) is 0 Å². The van der Waals surface area contributed by atoms with Crippen LogP contribution in [0, 0.1) is 12.7 Å². The summed E-state index contributed by atoms with van der Waals surface area (Å²) in [6.45, 7) is 1.01. The van der Waals surface area contributed by atoms with Crippen LogP contribution in [0.2, 0.25) is 0 Å². The zero-order valence-electron chi connectivity index (χ0n) is 16.1. The van der Waals surface area contributed by atoms with Crippen molar-refractivity contribution in [2.45, 2.75) is 23.2 Å². The van der Waals surface area contributed by atoms with Crippen molar-refractivity contribution in [2.24, 2.45) is 0 Å². The molecule has 1 heterocycles. The van der Waals surface area contributed by atoms with Crippen LogP contribution < -0.4 is 5.32 Å². The Kier molecular flexibility index (Phi) is 6.21. The van der Waals surface area contributed by atoms with Crippen molar-refractivity contribution < 1.29 is 35.2 Å². The van der Waals surface area contributed by atoms with Gasteiger partial charge in [-0.25, -0.2) is 12.8 Å². The Labute approximate surface area is 175 Å². The Morgan fingerprint density at radius 1 is 1.10 bits per heavy atom. The predicted molar refractivity (Wildman–Crippen MR) is 104 cm³/mol. The zero-order chi connectivity index (χ0) is 22.8. The van der Waals surface area contributed by atoms with Gasteiger partial charge in [0, 0.05) is 12.1 Å². The number of rotatable bonds is 6. The van der Waals surface area contributed by atoms with E-state index in [9.17, 15) is 30.8 Å². The highest BCUT2D eigenvalue weighted by Crippen LogP contribution is 2.31. The fourth-order valence-electron chi connectivity index (χ4n) is 2.89. The topological polar surface area (TPSA) is 76.4 Å². The van der Waals surface area contributed by atoms with Gasteiger partial charge in [0.15, 0.2) is 9.84 Å². The quantitative estimate of drug-likeness (QED) is 0.432. The van der Waals surface area contributed by atoms with Crippen molar-refractivity contribution in [3.8, 4) is 0 Å². The lowest BCUT2D eigenvalue weighted by atomic mass is 10.1. The Balaban J connectivity index is 1.84. The van der Waals surface area contributed by atoms with Gasteiger partial charge in [-0.1, -0.05) is 0 Å². The average Bonchev–Trinajstić information content (AvgIpc) is 3.23. The van der Waals surface area contributed by atoms with Crippen molar-refractivity contribution in [1.29, 1.82) is 0 Å². The number of benzene rings is 2. The van der Waals surface area contributed by atoms with Gasteiger partial charge in [0.2, 0.25) is 0 Å². The van der Waals surface area contributed by atoms with E-state index in [1.165, 1.54) is 31.4 Å². The van der Waals surface area contributed by atoms with E-state index < -0.39 is 45.1 Å². The number of furan rings is 1. The molecule has 3 rings (SSSR count). The van der Waals surface area contributed by atoms with Crippen LogP contribution in [0.5, 0.6) is 0 Å². The molecule has 2 aromatic carbocycles. The molecular formula is C21H17F4NO4S. The molecule has 3 aromatic rings. The zero-order valence-corrected chi connectivity index (χ0v) is 16.9. The minimum atomic E-state index is -4.54. The van der Waals surface area contributed by atoms with Gasteiger partial charge < -0.3 is 9.73 Å². The van der Waals surface area contributed by atoms with E-state index >= 15 is 0 Å². The fourth-order valence-corrected chi connectivity index (χ4v) is 4.56. The number of halogens is 4. The molecule has 31 heavy (non-hydrogen) atoms. The van der Waals surface area contributed by atoms with Gasteiger partial charge in [0.1, 0.15) is 16.8 Å². The molecule has 0 saturated carbocycles. The van der Waals surface area contributed by atoms with Crippen LogP contribution in [-0.4, -0.2) is 20.9 Å². The number of alkyl halides is 3. The van der Waals surface area contributed by atoms with Gasteiger partial charge in [-0.05, 0) is 67.1 Å².